The summed E-state index contributed by atoms with van der Waals surface area (Å²) in [5, 5.41) is 19.5. The van der Waals surface area contributed by atoms with Gasteiger partial charge in [0.05, 0.1) is 23.2 Å². The number of anilines is 1. The molecule has 0 aliphatic heterocycles. The molecule has 0 unspecified atom stereocenters. The molecule has 0 saturated heterocycles. The molecular weight excluding hydrogens is 261 g/mol. The Balaban J connectivity index is 3.36. The second-order valence-corrected chi connectivity index (χ2v) is 3.71. The minimum atomic E-state index is -1.57. The number of primary amides is 1. The van der Waals surface area contributed by atoms with Crippen LogP contribution >= 0.6 is 0 Å². The molecule has 1 amide bonds. The van der Waals surface area contributed by atoms with Gasteiger partial charge in [-0.3, -0.25) is 14.9 Å². The van der Waals surface area contributed by atoms with E-state index in [0.717, 1.165) is 11.0 Å². The zero-order valence-corrected chi connectivity index (χ0v) is 9.79. The second kappa shape index (κ2) is 5.29. The number of halogens is 1. The van der Waals surface area contributed by atoms with Crippen molar-refractivity contribution in [2.24, 2.45) is 5.73 Å². The highest BCUT2D eigenvalue weighted by Crippen LogP contribution is 2.28. The number of amides is 1. The Morgan fingerprint density at radius 2 is 2.11 bits per heavy atom. The van der Waals surface area contributed by atoms with Crippen molar-refractivity contribution >= 4 is 23.3 Å². The topological polar surface area (TPSA) is 127 Å². The van der Waals surface area contributed by atoms with Gasteiger partial charge in [-0.2, -0.15) is 0 Å². The quantitative estimate of drug-likeness (QED) is 0.587. The molecule has 0 saturated carbocycles. The molecule has 0 bridgehead atoms. The monoisotopic (exact) mass is 271 g/mol. The maximum Gasteiger partial charge on any atom is 0.342 e. The summed E-state index contributed by atoms with van der Waals surface area (Å²) in [7, 11) is 1.31. The number of nitrogens with zero attached hydrogens (tertiary/aromatic N) is 2. The first-order valence-corrected chi connectivity index (χ1v) is 4.94. The second-order valence-electron chi connectivity index (χ2n) is 3.71. The summed E-state index contributed by atoms with van der Waals surface area (Å²) in [5.41, 5.74) is 3.14. The predicted octanol–water partition coefficient (Wildman–Crippen LogP) is 0.354. The molecule has 0 aliphatic rings. The number of carboxylic acid groups (broad SMARTS) is 1. The molecule has 0 spiro atoms. The lowest BCUT2D eigenvalue weighted by molar-refractivity contribution is -0.385. The van der Waals surface area contributed by atoms with Crippen molar-refractivity contribution in [3.05, 3.63) is 33.6 Å². The third-order valence-corrected chi connectivity index (χ3v) is 2.30. The van der Waals surface area contributed by atoms with E-state index in [4.69, 9.17) is 10.8 Å². The molecule has 1 aromatic rings. The number of carbonyl (C=O) groups excluding carboxylic acids is 1. The molecule has 1 rings (SSSR count). The van der Waals surface area contributed by atoms with Crippen molar-refractivity contribution in [3.63, 3.8) is 0 Å². The van der Waals surface area contributed by atoms with Crippen LogP contribution in [0.1, 0.15) is 10.4 Å². The van der Waals surface area contributed by atoms with Gasteiger partial charge < -0.3 is 15.7 Å². The Kier molecular flexibility index (Phi) is 4.00. The van der Waals surface area contributed by atoms with E-state index in [2.05, 4.69) is 0 Å². The molecule has 8 nitrogen and oxygen atoms in total. The minimum absolute atomic E-state index is 0.262. The molecule has 0 atom stereocenters. The number of hydrogen-bond donors (Lipinski definition) is 2. The standard InChI is InChI=1S/C10H10FN3O5/c1-13(4-9(12)15)8-2-5(10(16)17)7(14(18)19)3-6(8)11/h2-3H,4H2,1H3,(H2,12,15)(H,16,17). The zero-order chi connectivity index (χ0) is 14.7. The Morgan fingerprint density at radius 3 is 2.53 bits per heavy atom. The molecule has 0 radical (unpaired) electrons. The van der Waals surface area contributed by atoms with Gasteiger partial charge in [0.1, 0.15) is 5.56 Å². The van der Waals surface area contributed by atoms with Crippen molar-refractivity contribution in [1.29, 1.82) is 0 Å². The van der Waals surface area contributed by atoms with Gasteiger partial charge in [-0.1, -0.05) is 0 Å². The molecule has 102 valence electrons. The van der Waals surface area contributed by atoms with Crippen LogP contribution in [0, 0.1) is 15.9 Å². The van der Waals surface area contributed by atoms with Crippen LogP contribution in [0.25, 0.3) is 0 Å². The van der Waals surface area contributed by atoms with Crippen LogP contribution in [0.4, 0.5) is 15.8 Å². The number of nitrogens with two attached hydrogens (primary N) is 1. The fourth-order valence-corrected chi connectivity index (χ4v) is 1.49. The number of nitro groups is 1. The first-order valence-electron chi connectivity index (χ1n) is 4.94. The highest BCUT2D eigenvalue weighted by atomic mass is 19.1. The lowest BCUT2D eigenvalue weighted by Gasteiger charge is -2.18. The van der Waals surface area contributed by atoms with E-state index < -0.39 is 33.9 Å². The molecule has 19 heavy (non-hydrogen) atoms. The van der Waals surface area contributed by atoms with Crippen molar-refractivity contribution in [3.8, 4) is 0 Å². The van der Waals surface area contributed by atoms with Crippen LogP contribution in [-0.4, -0.2) is 35.5 Å². The van der Waals surface area contributed by atoms with Crippen molar-refractivity contribution < 1.29 is 24.0 Å². The number of carboxylic acids is 1. The fourth-order valence-electron chi connectivity index (χ4n) is 1.49. The molecular formula is C10H10FN3O5. The number of likely N-dealkylation sites (N-methyl/N-ethyl adjacent to an activating group) is 1. The summed E-state index contributed by atoms with van der Waals surface area (Å²) in [4.78, 5) is 32.3. The molecule has 9 heteroatoms. The molecule has 0 aliphatic carbocycles. The Labute approximate surface area is 106 Å². The third-order valence-electron chi connectivity index (χ3n) is 2.30. The highest BCUT2D eigenvalue weighted by Gasteiger charge is 2.24. The van der Waals surface area contributed by atoms with Gasteiger partial charge in [0.2, 0.25) is 5.91 Å². The Bertz CT molecular complexity index is 560. The number of rotatable bonds is 5. The van der Waals surface area contributed by atoms with E-state index in [1.165, 1.54) is 7.05 Å². The van der Waals surface area contributed by atoms with Crippen LogP contribution in [0.3, 0.4) is 0 Å². The van der Waals surface area contributed by atoms with Crippen LogP contribution in [0.5, 0.6) is 0 Å². The van der Waals surface area contributed by atoms with Crippen molar-refractivity contribution in [2.75, 3.05) is 18.5 Å². The Morgan fingerprint density at radius 1 is 1.53 bits per heavy atom. The van der Waals surface area contributed by atoms with Gasteiger partial charge in [0, 0.05) is 7.05 Å². The maximum absolute atomic E-state index is 13.7. The summed E-state index contributed by atoms with van der Waals surface area (Å²) in [5.74, 6) is -3.34. The van der Waals surface area contributed by atoms with E-state index in [0.29, 0.717) is 6.07 Å². The van der Waals surface area contributed by atoms with Gasteiger partial charge >= 0.3 is 5.97 Å². The minimum Gasteiger partial charge on any atom is -0.477 e. The molecule has 0 aromatic heterocycles. The predicted molar refractivity (Wildman–Crippen MR) is 62.5 cm³/mol. The van der Waals surface area contributed by atoms with Crippen molar-refractivity contribution in [2.45, 2.75) is 0 Å². The normalized spacial score (nSPS) is 10.0. The number of aromatic carboxylic acids is 1. The molecule has 0 heterocycles. The van der Waals surface area contributed by atoms with Crippen molar-refractivity contribution in [1.82, 2.24) is 0 Å². The number of nitro benzene ring substituents is 1. The molecule has 3 N–H and O–H groups in total. The van der Waals surface area contributed by atoms with Crippen LogP contribution in [0.15, 0.2) is 12.1 Å². The first-order chi connectivity index (χ1) is 8.73. The van der Waals surface area contributed by atoms with Crippen LogP contribution in [0.2, 0.25) is 0 Å². The summed E-state index contributed by atoms with van der Waals surface area (Å²) < 4.78 is 13.7. The number of carbonyl (C=O) groups is 2. The summed E-state index contributed by atoms with van der Waals surface area (Å²) in [6.07, 6.45) is 0. The average molecular weight is 271 g/mol. The highest BCUT2D eigenvalue weighted by molar-refractivity contribution is 5.94. The zero-order valence-electron chi connectivity index (χ0n) is 9.79. The molecule has 1 aromatic carbocycles. The van der Waals surface area contributed by atoms with Gasteiger partial charge in [0.15, 0.2) is 5.82 Å². The Hall–Kier alpha value is -2.71. The summed E-state index contributed by atoms with van der Waals surface area (Å²) in [6.45, 7) is -0.353. The number of benzene rings is 1. The summed E-state index contributed by atoms with van der Waals surface area (Å²) >= 11 is 0. The fraction of sp³-hybridized carbons (Fsp3) is 0.200. The maximum atomic E-state index is 13.7. The largest absolute Gasteiger partial charge is 0.477 e. The molecule has 0 fully saturated rings. The van der Waals surface area contributed by atoms with Crippen LogP contribution in [-0.2, 0) is 4.79 Å². The van der Waals surface area contributed by atoms with E-state index in [1.54, 1.807) is 0 Å². The van der Waals surface area contributed by atoms with Gasteiger partial charge in [-0.15, -0.1) is 0 Å². The van der Waals surface area contributed by atoms with Crippen LogP contribution < -0.4 is 10.6 Å². The van der Waals surface area contributed by atoms with Gasteiger partial charge in [0.25, 0.3) is 5.69 Å². The lowest BCUT2D eigenvalue weighted by Crippen LogP contribution is -2.31. The smallest absolute Gasteiger partial charge is 0.342 e. The van der Waals surface area contributed by atoms with Gasteiger partial charge in [-0.25, -0.2) is 9.18 Å². The van der Waals surface area contributed by atoms with E-state index in [9.17, 15) is 24.1 Å². The first kappa shape index (κ1) is 14.4. The van der Waals surface area contributed by atoms with E-state index in [-0.39, 0.29) is 12.2 Å². The third kappa shape index (κ3) is 3.15. The van der Waals surface area contributed by atoms with E-state index in [1.807, 2.05) is 0 Å². The SMILES string of the molecule is CN(CC(N)=O)c1cc(C(=O)O)c([N+](=O)[O-])cc1F. The number of hydrogen-bond acceptors (Lipinski definition) is 5. The van der Waals surface area contributed by atoms with Gasteiger partial charge in [-0.05, 0) is 6.07 Å². The van der Waals surface area contributed by atoms with E-state index >= 15 is 0 Å². The lowest BCUT2D eigenvalue weighted by atomic mass is 10.1. The summed E-state index contributed by atoms with van der Waals surface area (Å²) in [6, 6.07) is 1.29. The average Bonchev–Trinajstić information content (AvgIpc) is 2.26.